The van der Waals surface area contributed by atoms with Crippen molar-refractivity contribution in [3.63, 3.8) is 0 Å². The van der Waals surface area contributed by atoms with Crippen LogP contribution in [0.25, 0.3) is 0 Å². The molecule has 108 valence electrons. The first-order valence-corrected chi connectivity index (χ1v) is 7.40. The van der Waals surface area contributed by atoms with Crippen LogP contribution in [0.1, 0.15) is 39.0 Å². The molecule has 0 aromatic carbocycles. The molecule has 2 aliphatic rings. The van der Waals surface area contributed by atoms with Crippen LogP contribution in [0.5, 0.6) is 0 Å². The summed E-state index contributed by atoms with van der Waals surface area (Å²) in [4.78, 5) is 28.5. The predicted octanol–water partition coefficient (Wildman–Crippen LogP) is 0.598. The molecule has 19 heavy (non-hydrogen) atoms. The van der Waals surface area contributed by atoms with E-state index in [1.54, 1.807) is 0 Å². The molecule has 0 aromatic heterocycles. The minimum Gasteiger partial charge on any atom is -0.344 e. The van der Waals surface area contributed by atoms with Gasteiger partial charge in [-0.15, -0.1) is 0 Å². The first-order valence-electron chi connectivity index (χ1n) is 7.40. The van der Waals surface area contributed by atoms with Gasteiger partial charge < -0.3 is 15.1 Å². The second-order valence-corrected chi connectivity index (χ2v) is 5.75. The van der Waals surface area contributed by atoms with Crippen LogP contribution < -0.4 is 5.32 Å². The van der Waals surface area contributed by atoms with Gasteiger partial charge in [0.15, 0.2) is 0 Å². The Bertz CT molecular complexity index is 346. The van der Waals surface area contributed by atoms with E-state index in [1.165, 1.54) is 0 Å². The number of rotatable bonds is 3. The minimum atomic E-state index is -0.313. The molecule has 2 rings (SSSR count). The molecule has 0 radical (unpaired) electrons. The third-order valence-corrected chi connectivity index (χ3v) is 4.11. The average molecular weight is 267 g/mol. The van der Waals surface area contributed by atoms with E-state index in [1.807, 2.05) is 11.8 Å². The number of piperidine rings is 1. The fourth-order valence-corrected chi connectivity index (χ4v) is 3.10. The quantitative estimate of drug-likeness (QED) is 0.814. The SMILES string of the molecule is CCCC1NC(=O)CCN(C2CCCN(C)C2)C1=O. The molecule has 5 heteroatoms. The summed E-state index contributed by atoms with van der Waals surface area (Å²) in [6.07, 6.45) is 4.28. The van der Waals surface area contributed by atoms with Crippen molar-refractivity contribution in [1.29, 1.82) is 0 Å². The molecular formula is C14H25N3O2. The molecular weight excluding hydrogens is 242 g/mol. The Morgan fingerprint density at radius 2 is 2.11 bits per heavy atom. The van der Waals surface area contributed by atoms with Gasteiger partial charge in [0.1, 0.15) is 6.04 Å². The van der Waals surface area contributed by atoms with Gasteiger partial charge >= 0.3 is 0 Å². The van der Waals surface area contributed by atoms with Crippen LogP contribution in [-0.2, 0) is 9.59 Å². The molecule has 2 unspecified atom stereocenters. The maximum Gasteiger partial charge on any atom is 0.245 e. The molecule has 0 spiro atoms. The number of amides is 2. The first kappa shape index (κ1) is 14.3. The van der Waals surface area contributed by atoms with E-state index >= 15 is 0 Å². The van der Waals surface area contributed by atoms with E-state index in [4.69, 9.17) is 0 Å². The summed E-state index contributed by atoms with van der Waals surface area (Å²) in [6, 6.07) is -0.0365. The predicted molar refractivity (Wildman–Crippen MR) is 73.7 cm³/mol. The van der Waals surface area contributed by atoms with Crippen molar-refractivity contribution in [3.05, 3.63) is 0 Å². The number of carbonyl (C=O) groups is 2. The first-order chi connectivity index (χ1) is 9.11. The summed E-state index contributed by atoms with van der Waals surface area (Å²) in [5.41, 5.74) is 0. The molecule has 2 atom stereocenters. The topological polar surface area (TPSA) is 52.7 Å². The highest BCUT2D eigenvalue weighted by molar-refractivity contribution is 5.90. The Balaban J connectivity index is 2.08. The lowest BCUT2D eigenvalue weighted by molar-refractivity contribution is -0.136. The number of hydrogen-bond donors (Lipinski definition) is 1. The van der Waals surface area contributed by atoms with Crippen LogP contribution in [0.2, 0.25) is 0 Å². The molecule has 0 aromatic rings. The van der Waals surface area contributed by atoms with Gasteiger partial charge in [-0.25, -0.2) is 0 Å². The molecule has 2 fully saturated rings. The van der Waals surface area contributed by atoms with E-state index < -0.39 is 0 Å². The van der Waals surface area contributed by atoms with Crippen molar-refractivity contribution in [2.75, 3.05) is 26.7 Å². The van der Waals surface area contributed by atoms with Crippen LogP contribution in [0, 0.1) is 0 Å². The number of nitrogens with one attached hydrogen (secondary N) is 1. The normalized spacial score (nSPS) is 30.1. The monoisotopic (exact) mass is 267 g/mol. The zero-order valence-electron chi connectivity index (χ0n) is 12.0. The summed E-state index contributed by atoms with van der Waals surface area (Å²) in [5.74, 6) is 0.131. The van der Waals surface area contributed by atoms with Crippen molar-refractivity contribution in [2.45, 2.75) is 51.1 Å². The lowest BCUT2D eigenvalue weighted by atomic mass is 10.0. The van der Waals surface area contributed by atoms with Gasteiger partial charge in [0.2, 0.25) is 11.8 Å². The van der Waals surface area contributed by atoms with E-state index in [9.17, 15) is 9.59 Å². The Labute approximate surface area is 115 Å². The zero-order chi connectivity index (χ0) is 13.8. The second-order valence-electron chi connectivity index (χ2n) is 5.75. The molecule has 0 bridgehead atoms. The van der Waals surface area contributed by atoms with E-state index in [0.29, 0.717) is 13.0 Å². The highest BCUT2D eigenvalue weighted by Crippen LogP contribution is 2.19. The van der Waals surface area contributed by atoms with Crippen molar-refractivity contribution >= 4 is 11.8 Å². The molecule has 2 saturated heterocycles. The Hall–Kier alpha value is -1.10. The summed E-state index contributed by atoms with van der Waals surface area (Å²) in [5, 5.41) is 2.87. The van der Waals surface area contributed by atoms with Crippen molar-refractivity contribution in [2.24, 2.45) is 0 Å². The van der Waals surface area contributed by atoms with Crippen LogP contribution in [0.3, 0.4) is 0 Å². The number of likely N-dealkylation sites (tertiary alicyclic amines) is 1. The van der Waals surface area contributed by atoms with Gasteiger partial charge in [-0.05, 0) is 32.9 Å². The smallest absolute Gasteiger partial charge is 0.245 e. The summed E-state index contributed by atoms with van der Waals surface area (Å²) < 4.78 is 0. The van der Waals surface area contributed by atoms with Crippen LogP contribution in [-0.4, -0.2) is 60.4 Å². The van der Waals surface area contributed by atoms with Gasteiger partial charge in [-0.3, -0.25) is 9.59 Å². The molecule has 0 saturated carbocycles. The number of nitrogens with zero attached hydrogens (tertiary/aromatic N) is 2. The van der Waals surface area contributed by atoms with Gasteiger partial charge in [-0.1, -0.05) is 13.3 Å². The zero-order valence-corrected chi connectivity index (χ0v) is 12.0. The average Bonchev–Trinajstić information content (AvgIpc) is 2.51. The molecule has 5 nitrogen and oxygen atoms in total. The van der Waals surface area contributed by atoms with E-state index in [2.05, 4.69) is 17.3 Å². The van der Waals surface area contributed by atoms with Gasteiger partial charge in [0.05, 0.1) is 0 Å². The van der Waals surface area contributed by atoms with E-state index in [-0.39, 0.29) is 23.9 Å². The minimum absolute atomic E-state index is 0.0125. The largest absolute Gasteiger partial charge is 0.344 e. The van der Waals surface area contributed by atoms with Crippen molar-refractivity contribution < 1.29 is 9.59 Å². The summed E-state index contributed by atoms with van der Waals surface area (Å²) >= 11 is 0. The molecule has 0 aliphatic carbocycles. The van der Waals surface area contributed by atoms with Gasteiger partial charge in [-0.2, -0.15) is 0 Å². The molecule has 2 amide bonds. The van der Waals surface area contributed by atoms with Crippen LogP contribution in [0.4, 0.5) is 0 Å². The van der Waals surface area contributed by atoms with E-state index in [0.717, 1.165) is 38.8 Å². The number of carbonyl (C=O) groups excluding carboxylic acids is 2. The Morgan fingerprint density at radius 3 is 2.79 bits per heavy atom. The Morgan fingerprint density at radius 1 is 1.32 bits per heavy atom. The fraction of sp³-hybridized carbons (Fsp3) is 0.857. The summed E-state index contributed by atoms with van der Waals surface area (Å²) in [6.45, 7) is 4.65. The lowest BCUT2D eigenvalue weighted by Gasteiger charge is -2.38. The molecule has 1 N–H and O–H groups in total. The van der Waals surface area contributed by atoms with Gasteiger partial charge in [0, 0.05) is 25.6 Å². The number of likely N-dealkylation sites (N-methyl/N-ethyl adjacent to an activating group) is 1. The van der Waals surface area contributed by atoms with Crippen molar-refractivity contribution in [3.8, 4) is 0 Å². The molecule has 2 heterocycles. The fourth-order valence-electron chi connectivity index (χ4n) is 3.10. The summed E-state index contributed by atoms with van der Waals surface area (Å²) in [7, 11) is 2.10. The number of hydrogen-bond acceptors (Lipinski definition) is 3. The standard InChI is InChI=1S/C14H25N3O2/c1-3-5-12-14(19)17(9-7-13(18)15-12)11-6-4-8-16(2)10-11/h11-12H,3-10H2,1-2H3,(H,15,18). The maximum absolute atomic E-state index is 12.6. The van der Waals surface area contributed by atoms with Crippen LogP contribution in [0.15, 0.2) is 0 Å². The highest BCUT2D eigenvalue weighted by atomic mass is 16.2. The van der Waals surface area contributed by atoms with Crippen LogP contribution >= 0.6 is 0 Å². The Kier molecular flexibility index (Phi) is 4.80. The van der Waals surface area contributed by atoms with Crippen molar-refractivity contribution in [1.82, 2.24) is 15.1 Å². The lowest BCUT2D eigenvalue weighted by Crippen LogP contribution is -2.53. The highest BCUT2D eigenvalue weighted by Gasteiger charge is 2.34. The second kappa shape index (κ2) is 6.37. The molecule has 2 aliphatic heterocycles. The maximum atomic E-state index is 12.6. The van der Waals surface area contributed by atoms with Gasteiger partial charge in [0.25, 0.3) is 0 Å². The third kappa shape index (κ3) is 3.47. The third-order valence-electron chi connectivity index (χ3n) is 4.11.